The number of hydrogen-bond acceptors (Lipinski definition) is 10. The van der Waals surface area contributed by atoms with Gasteiger partial charge in [-0.05, 0) is 50.6 Å². The molecule has 14 nitrogen and oxygen atoms in total. The largest absolute Gasteiger partial charge is 0.587 e. The third kappa shape index (κ3) is 6.07. The highest BCUT2D eigenvalue weighted by Gasteiger charge is 2.40. The van der Waals surface area contributed by atoms with Gasteiger partial charge in [-0.25, -0.2) is 9.36 Å². The Kier molecular flexibility index (Phi) is 7.74. The summed E-state index contributed by atoms with van der Waals surface area (Å²) in [5.41, 5.74) is 9.05. The second kappa shape index (κ2) is 11.0. The number of aromatic amines is 1. The second-order valence-corrected chi connectivity index (χ2v) is 9.73. The highest BCUT2D eigenvalue weighted by molar-refractivity contribution is 7.49. The molecule has 3 aromatic heterocycles. The van der Waals surface area contributed by atoms with E-state index in [2.05, 4.69) is 25.0 Å². The van der Waals surface area contributed by atoms with E-state index < -0.39 is 37.4 Å². The molecule has 0 saturated carbocycles. The second-order valence-electron chi connectivity index (χ2n) is 8.22. The van der Waals surface area contributed by atoms with Gasteiger partial charge in [0.2, 0.25) is 0 Å². The summed E-state index contributed by atoms with van der Waals surface area (Å²) in [4.78, 5) is 37.4. The monoisotopic (exact) mass is 529 g/mol. The Hall–Kier alpha value is -3.96. The lowest BCUT2D eigenvalue weighted by Gasteiger charge is -2.22. The fourth-order valence-electron chi connectivity index (χ4n) is 3.63. The van der Waals surface area contributed by atoms with Gasteiger partial charge in [0.1, 0.15) is 6.23 Å². The molecule has 1 fully saturated rings. The Morgan fingerprint density at radius 1 is 1.16 bits per heavy atom. The van der Waals surface area contributed by atoms with E-state index in [4.69, 9.17) is 23.8 Å². The third-order valence-electron chi connectivity index (χ3n) is 5.59. The lowest BCUT2D eigenvalue weighted by atomic mass is 10.1. The maximum atomic E-state index is 13.8. The first-order valence-electron chi connectivity index (χ1n) is 11.2. The predicted octanol–water partition coefficient (Wildman–Crippen LogP) is 3.50. The van der Waals surface area contributed by atoms with Crippen molar-refractivity contribution in [1.29, 1.82) is 0 Å². The number of azide groups is 1. The van der Waals surface area contributed by atoms with Gasteiger partial charge in [-0.1, -0.05) is 5.11 Å². The van der Waals surface area contributed by atoms with Crippen LogP contribution >= 0.6 is 7.82 Å². The van der Waals surface area contributed by atoms with Gasteiger partial charge in [0.05, 0.1) is 30.1 Å². The Balaban J connectivity index is 1.59. The maximum Gasteiger partial charge on any atom is 0.587 e. The normalized spacial score (nSPS) is 19.3. The van der Waals surface area contributed by atoms with Crippen LogP contribution in [-0.4, -0.2) is 38.3 Å². The summed E-state index contributed by atoms with van der Waals surface area (Å²) in [5, 5.41) is 3.74. The molecule has 0 amide bonds. The molecule has 15 heteroatoms. The molecule has 1 N–H and O–H groups in total. The number of aryl methyl sites for hydroxylation is 3. The van der Waals surface area contributed by atoms with Crippen molar-refractivity contribution in [3.8, 4) is 11.5 Å². The first-order valence-corrected chi connectivity index (χ1v) is 12.6. The van der Waals surface area contributed by atoms with Crippen molar-refractivity contribution in [3.63, 3.8) is 0 Å². The van der Waals surface area contributed by atoms with Crippen LogP contribution in [0.25, 0.3) is 10.4 Å². The van der Waals surface area contributed by atoms with E-state index in [1.807, 2.05) is 0 Å². The minimum atomic E-state index is -4.34. The molecule has 1 aliphatic heterocycles. The van der Waals surface area contributed by atoms with Crippen LogP contribution in [0.4, 0.5) is 0 Å². The van der Waals surface area contributed by atoms with Crippen LogP contribution in [0.15, 0.2) is 57.6 Å². The van der Waals surface area contributed by atoms with Gasteiger partial charge in [0.25, 0.3) is 5.56 Å². The smallest absolute Gasteiger partial charge is 0.393 e. The van der Waals surface area contributed by atoms with Gasteiger partial charge >= 0.3 is 13.5 Å². The van der Waals surface area contributed by atoms with E-state index in [1.54, 1.807) is 57.4 Å². The zero-order valence-electron chi connectivity index (χ0n) is 20.2. The number of H-pyrrole nitrogens is 1. The molecule has 0 aliphatic carbocycles. The van der Waals surface area contributed by atoms with E-state index in [-0.39, 0.29) is 24.5 Å². The first kappa shape index (κ1) is 26.1. The average Bonchev–Trinajstić information content (AvgIpc) is 3.26. The van der Waals surface area contributed by atoms with Gasteiger partial charge in [-0.3, -0.25) is 28.8 Å². The Morgan fingerprint density at radius 3 is 2.35 bits per heavy atom. The van der Waals surface area contributed by atoms with Crippen LogP contribution in [0.3, 0.4) is 0 Å². The molecule has 3 aromatic rings. The number of nitrogens with one attached hydrogen (secondary N) is 1. The number of phosphoric acid groups is 1. The Labute approximate surface area is 210 Å². The minimum absolute atomic E-state index is 0.110. The molecule has 0 spiro atoms. The summed E-state index contributed by atoms with van der Waals surface area (Å²) in [5.74, 6) is 0.360. The van der Waals surface area contributed by atoms with Gasteiger partial charge in [0, 0.05) is 35.5 Å². The van der Waals surface area contributed by atoms with Crippen molar-refractivity contribution in [2.45, 2.75) is 45.6 Å². The number of rotatable bonds is 9. The predicted molar refractivity (Wildman–Crippen MR) is 130 cm³/mol. The van der Waals surface area contributed by atoms with Crippen molar-refractivity contribution < 1.29 is 22.9 Å². The lowest BCUT2D eigenvalue weighted by Crippen LogP contribution is -2.33. The zero-order valence-corrected chi connectivity index (χ0v) is 21.1. The van der Waals surface area contributed by atoms with E-state index in [9.17, 15) is 14.2 Å². The van der Waals surface area contributed by atoms with E-state index in [0.717, 1.165) is 0 Å². The molecule has 194 valence electrons. The van der Waals surface area contributed by atoms with Gasteiger partial charge < -0.3 is 13.8 Å². The van der Waals surface area contributed by atoms with Crippen molar-refractivity contribution in [1.82, 2.24) is 19.5 Å². The Morgan fingerprint density at radius 2 is 1.78 bits per heavy atom. The molecule has 0 bridgehead atoms. The number of nitrogens with zero attached hydrogens (tertiary/aromatic N) is 6. The van der Waals surface area contributed by atoms with Crippen molar-refractivity contribution >= 4 is 7.82 Å². The van der Waals surface area contributed by atoms with Crippen molar-refractivity contribution in [2.24, 2.45) is 5.11 Å². The third-order valence-corrected chi connectivity index (χ3v) is 6.90. The zero-order chi connectivity index (χ0) is 26.6. The van der Waals surface area contributed by atoms with E-state index in [1.165, 1.54) is 10.8 Å². The number of hydrogen-bond donors (Lipinski definition) is 1. The highest BCUT2D eigenvalue weighted by atomic mass is 31.2. The van der Waals surface area contributed by atoms with Crippen molar-refractivity contribution in [3.05, 3.63) is 91.1 Å². The topological polar surface area (TPSA) is 183 Å². The van der Waals surface area contributed by atoms with Crippen LogP contribution in [0, 0.1) is 20.8 Å². The highest BCUT2D eigenvalue weighted by Crippen LogP contribution is 2.51. The standard InChI is InChI=1S/C22H24N7O7P/c1-13-11-29(22(31)26-21(13)30)20-10-16(27-28-23)19(34-20)12-33-37(32,35-17-6-4-8-24-14(17)2)36-18-7-5-9-25-15(18)3/h4-9,11,16,19-20H,10,12H2,1-3H3,(H,26,30,31)/t16-,19+,20+/m0/s1. The van der Waals surface area contributed by atoms with Crippen LogP contribution in [0.2, 0.25) is 0 Å². The van der Waals surface area contributed by atoms with Crippen LogP contribution < -0.4 is 20.3 Å². The molecule has 37 heavy (non-hydrogen) atoms. The van der Waals surface area contributed by atoms with Crippen LogP contribution in [0.1, 0.15) is 29.6 Å². The summed E-state index contributed by atoms with van der Waals surface area (Å²) >= 11 is 0. The first-order chi connectivity index (χ1) is 17.7. The van der Waals surface area contributed by atoms with Gasteiger partial charge in [-0.2, -0.15) is 0 Å². The fraction of sp³-hybridized carbons (Fsp3) is 0.364. The van der Waals surface area contributed by atoms with Gasteiger partial charge in [0.15, 0.2) is 11.5 Å². The molecule has 0 aromatic carbocycles. The summed E-state index contributed by atoms with van der Waals surface area (Å²) < 4.78 is 37.9. The summed E-state index contributed by atoms with van der Waals surface area (Å²) in [6, 6.07) is 5.56. The quantitative estimate of drug-likeness (QED) is 0.187. The fourth-order valence-corrected chi connectivity index (χ4v) is 4.97. The van der Waals surface area contributed by atoms with Crippen molar-refractivity contribution in [2.75, 3.05) is 6.61 Å². The summed E-state index contributed by atoms with van der Waals surface area (Å²) in [7, 11) is -4.34. The van der Waals surface area contributed by atoms with E-state index in [0.29, 0.717) is 17.0 Å². The molecule has 1 aliphatic rings. The molecule has 4 heterocycles. The molecule has 4 rings (SSSR count). The molecule has 1 saturated heterocycles. The average molecular weight is 529 g/mol. The number of pyridine rings is 2. The minimum Gasteiger partial charge on any atom is -0.393 e. The van der Waals surface area contributed by atoms with Crippen LogP contribution in [0.5, 0.6) is 11.5 Å². The molecule has 0 unspecified atom stereocenters. The SMILES string of the molecule is Cc1ncccc1OP(=O)(OC[C@H]1O[C@@H](n2cc(C)c(=O)[nH]c2=O)C[C@@H]1N=[N+]=[N-])Oc1cccnc1C. The van der Waals surface area contributed by atoms with Gasteiger partial charge in [-0.15, -0.1) is 0 Å². The van der Waals surface area contributed by atoms with Crippen LogP contribution in [-0.2, 0) is 13.8 Å². The number of phosphoric ester groups is 1. The summed E-state index contributed by atoms with van der Waals surface area (Å²) in [6.45, 7) is 4.51. The summed E-state index contributed by atoms with van der Waals surface area (Å²) in [6.07, 6.45) is 2.80. The lowest BCUT2D eigenvalue weighted by molar-refractivity contribution is -0.0260. The van der Waals surface area contributed by atoms with E-state index >= 15 is 0 Å². The Bertz CT molecular complexity index is 1450. The maximum absolute atomic E-state index is 13.8. The molecule has 0 radical (unpaired) electrons. The molecular weight excluding hydrogens is 505 g/mol. The molecule has 3 atom stereocenters. The molecular formula is C22H24N7O7P. The number of aromatic nitrogens is 4. The number of ether oxygens (including phenoxy) is 1.